The Morgan fingerprint density at radius 3 is 2.74 bits per heavy atom. The van der Waals surface area contributed by atoms with Gasteiger partial charge in [0.1, 0.15) is 0 Å². The maximum absolute atomic E-state index is 5.42. The number of nitrogens with zero attached hydrogens (tertiary/aromatic N) is 2. The summed E-state index contributed by atoms with van der Waals surface area (Å²) in [4.78, 5) is 4.52. The lowest BCUT2D eigenvalue weighted by molar-refractivity contribution is 0.152. The number of methoxy groups -OCH3 is 1. The minimum absolute atomic E-state index is 0.0176. The molecule has 23 heavy (non-hydrogen) atoms. The summed E-state index contributed by atoms with van der Waals surface area (Å²) in [6.45, 7) is 4.94. The van der Waals surface area contributed by atoms with Gasteiger partial charge >= 0.3 is 0 Å². The third kappa shape index (κ3) is 5.77. The zero-order valence-electron chi connectivity index (χ0n) is 14.3. The second-order valence-electron chi connectivity index (χ2n) is 5.89. The molecule has 0 aliphatic rings. The lowest BCUT2D eigenvalue weighted by Gasteiger charge is -2.20. The Morgan fingerprint density at radius 2 is 2.04 bits per heavy atom. The summed E-state index contributed by atoms with van der Waals surface area (Å²) in [5, 5.41) is 7.62. The molecule has 0 amide bonds. The van der Waals surface area contributed by atoms with Gasteiger partial charge in [-0.2, -0.15) is 4.98 Å². The normalized spacial score (nSPS) is 13.9. The van der Waals surface area contributed by atoms with Gasteiger partial charge in [-0.15, -0.1) is 0 Å². The van der Waals surface area contributed by atoms with Crippen LogP contribution in [-0.2, 0) is 11.2 Å². The van der Waals surface area contributed by atoms with E-state index in [1.54, 1.807) is 7.11 Å². The minimum atomic E-state index is 0.0176. The molecule has 0 spiro atoms. The highest BCUT2D eigenvalue weighted by atomic mass is 16.5. The van der Waals surface area contributed by atoms with E-state index in [0.717, 1.165) is 12.2 Å². The van der Waals surface area contributed by atoms with Gasteiger partial charge in [0, 0.05) is 19.6 Å². The third-order valence-electron chi connectivity index (χ3n) is 3.82. The first-order chi connectivity index (χ1) is 11.2. The largest absolute Gasteiger partial charge is 0.383 e. The van der Waals surface area contributed by atoms with Crippen LogP contribution in [0.2, 0.25) is 0 Å². The van der Waals surface area contributed by atoms with Crippen LogP contribution >= 0.6 is 0 Å². The fourth-order valence-electron chi connectivity index (χ4n) is 2.58. The molecule has 126 valence electrons. The van der Waals surface area contributed by atoms with Crippen LogP contribution in [0.5, 0.6) is 0 Å². The number of nitrogens with one attached hydrogen (secondary N) is 1. The summed E-state index contributed by atoms with van der Waals surface area (Å²) in [6.07, 6.45) is 4.13. The molecule has 0 saturated carbocycles. The second-order valence-corrected chi connectivity index (χ2v) is 5.89. The van der Waals surface area contributed by atoms with Crippen molar-refractivity contribution >= 4 is 0 Å². The van der Waals surface area contributed by atoms with Crippen molar-refractivity contribution in [2.24, 2.45) is 0 Å². The Labute approximate surface area is 138 Å². The van der Waals surface area contributed by atoms with Gasteiger partial charge in [0.05, 0.1) is 12.6 Å². The van der Waals surface area contributed by atoms with Crippen LogP contribution in [0.25, 0.3) is 0 Å². The highest BCUT2D eigenvalue weighted by Crippen LogP contribution is 2.14. The van der Waals surface area contributed by atoms with Crippen molar-refractivity contribution in [3.05, 3.63) is 47.6 Å². The van der Waals surface area contributed by atoms with Crippen LogP contribution < -0.4 is 5.32 Å². The zero-order valence-corrected chi connectivity index (χ0v) is 14.3. The summed E-state index contributed by atoms with van der Waals surface area (Å²) in [6, 6.07) is 10.5. The average Bonchev–Trinajstić information content (AvgIpc) is 3.02. The molecule has 0 radical (unpaired) electrons. The second kappa shape index (κ2) is 9.43. The molecule has 0 bridgehead atoms. The summed E-state index contributed by atoms with van der Waals surface area (Å²) in [5.41, 5.74) is 1.18. The predicted molar refractivity (Wildman–Crippen MR) is 90.3 cm³/mol. The molecule has 1 aromatic carbocycles. The molecule has 0 fully saturated rings. The molecule has 1 N–H and O–H groups in total. The number of benzene rings is 1. The average molecular weight is 317 g/mol. The minimum Gasteiger partial charge on any atom is -0.383 e. The van der Waals surface area contributed by atoms with Gasteiger partial charge < -0.3 is 14.6 Å². The van der Waals surface area contributed by atoms with Crippen LogP contribution in [0.4, 0.5) is 0 Å². The molecule has 1 heterocycles. The molecular formula is C18H27N3O2. The van der Waals surface area contributed by atoms with E-state index in [0.29, 0.717) is 25.0 Å². The van der Waals surface area contributed by atoms with Crippen molar-refractivity contribution in [2.75, 3.05) is 13.7 Å². The molecule has 2 atom stereocenters. The van der Waals surface area contributed by atoms with Gasteiger partial charge in [-0.1, -0.05) is 55.3 Å². The molecule has 2 aromatic rings. The van der Waals surface area contributed by atoms with Gasteiger partial charge in [-0.3, -0.25) is 0 Å². The highest BCUT2D eigenvalue weighted by molar-refractivity contribution is 5.18. The molecule has 5 heteroatoms. The van der Waals surface area contributed by atoms with Gasteiger partial charge in [-0.05, 0) is 18.9 Å². The fraction of sp³-hybridized carbons (Fsp3) is 0.556. The van der Waals surface area contributed by atoms with Crippen LogP contribution in [0.3, 0.4) is 0 Å². The smallest absolute Gasteiger partial charge is 0.243 e. The molecule has 0 saturated heterocycles. The summed E-state index contributed by atoms with van der Waals surface area (Å²) in [7, 11) is 1.73. The molecule has 2 unspecified atom stereocenters. The van der Waals surface area contributed by atoms with Gasteiger partial charge in [0.25, 0.3) is 0 Å². The van der Waals surface area contributed by atoms with Crippen molar-refractivity contribution in [2.45, 2.75) is 51.6 Å². The Hall–Kier alpha value is -1.72. The van der Waals surface area contributed by atoms with E-state index in [1.165, 1.54) is 18.4 Å². The van der Waals surface area contributed by atoms with Crippen molar-refractivity contribution < 1.29 is 9.26 Å². The maximum Gasteiger partial charge on any atom is 0.243 e. The van der Waals surface area contributed by atoms with E-state index in [9.17, 15) is 0 Å². The van der Waals surface area contributed by atoms with Gasteiger partial charge in [-0.25, -0.2) is 0 Å². The number of hydrogen-bond donors (Lipinski definition) is 1. The number of unbranched alkanes of at least 4 members (excludes halogenated alkanes) is 1. The van der Waals surface area contributed by atoms with Crippen molar-refractivity contribution in [3.8, 4) is 0 Å². The summed E-state index contributed by atoms with van der Waals surface area (Å²) < 4.78 is 10.7. The lowest BCUT2D eigenvalue weighted by Crippen LogP contribution is -2.35. The Balaban J connectivity index is 1.92. The van der Waals surface area contributed by atoms with E-state index in [4.69, 9.17) is 9.26 Å². The summed E-state index contributed by atoms with van der Waals surface area (Å²) in [5.74, 6) is 1.35. The Bertz CT molecular complexity index is 556. The van der Waals surface area contributed by atoms with Crippen LogP contribution in [0.15, 0.2) is 34.9 Å². The van der Waals surface area contributed by atoms with E-state index in [1.807, 2.05) is 18.2 Å². The number of ether oxygens (including phenoxy) is 1. The predicted octanol–water partition coefficient (Wildman–Crippen LogP) is 3.52. The summed E-state index contributed by atoms with van der Waals surface area (Å²) >= 11 is 0. The fourth-order valence-corrected chi connectivity index (χ4v) is 2.58. The molecule has 0 aliphatic heterocycles. The van der Waals surface area contributed by atoms with Crippen molar-refractivity contribution in [1.82, 2.24) is 15.5 Å². The first kappa shape index (κ1) is 17.6. The van der Waals surface area contributed by atoms with Crippen molar-refractivity contribution in [3.63, 3.8) is 0 Å². The molecule has 5 nitrogen and oxygen atoms in total. The van der Waals surface area contributed by atoms with Crippen LogP contribution in [-0.4, -0.2) is 29.9 Å². The topological polar surface area (TPSA) is 60.2 Å². The van der Waals surface area contributed by atoms with Crippen molar-refractivity contribution in [1.29, 1.82) is 0 Å². The first-order valence-corrected chi connectivity index (χ1v) is 8.34. The highest BCUT2D eigenvalue weighted by Gasteiger charge is 2.18. The standard InChI is InChI=1S/C18H27N3O2/c1-4-5-11-16(13-22-3)19-14(2)18-20-17(21-23-18)12-15-9-7-6-8-10-15/h6-10,14,16,19H,4-5,11-13H2,1-3H3. The zero-order chi connectivity index (χ0) is 16.5. The number of hydrogen-bond acceptors (Lipinski definition) is 5. The van der Waals surface area contributed by atoms with Gasteiger partial charge in [0.2, 0.25) is 5.89 Å². The monoisotopic (exact) mass is 317 g/mol. The SMILES string of the molecule is CCCCC(COC)NC(C)c1nc(Cc2ccccc2)no1. The Morgan fingerprint density at radius 1 is 1.26 bits per heavy atom. The lowest BCUT2D eigenvalue weighted by atomic mass is 10.1. The first-order valence-electron chi connectivity index (χ1n) is 8.34. The van der Waals surface area contributed by atoms with Gasteiger partial charge in [0.15, 0.2) is 5.82 Å². The van der Waals surface area contributed by atoms with Crippen LogP contribution in [0, 0.1) is 0 Å². The number of rotatable bonds is 10. The molecule has 1 aromatic heterocycles. The maximum atomic E-state index is 5.42. The molecule has 2 rings (SSSR count). The van der Waals surface area contributed by atoms with E-state index < -0.39 is 0 Å². The quantitative estimate of drug-likeness (QED) is 0.726. The number of aromatic nitrogens is 2. The molecule has 0 aliphatic carbocycles. The molecular weight excluding hydrogens is 290 g/mol. The Kier molecular flexibility index (Phi) is 7.23. The van der Waals surface area contributed by atoms with E-state index in [-0.39, 0.29) is 6.04 Å². The third-order valence-corrected chi connectivity index (χ3v) is 3.82. The van der Waals surface area contributed by atoms with Crippen LogP contribution in [0.1, 0.15) is 56.4 Å². The van der Waals surface area contributed by atoms with E-state index >= 15 is 0 Å². The van der Waals surface area contributed by atoms with E-state index in [2.05, 4.69) is 41.4 Å².